The fourth-order valence-corrected chi connectivity index (χ4v) is 3.29. The minimum atomic E-state index is -3.46. The number of nitrogens with zero attached hydrogens (tertiary/aromatic N) is 2. The van der Waals surface area contributed by atoms with Crippen LogP contribution in [0.1, 0.15) is 11.8 Å². The van der Waals surface area contributed by atoms with Crippen LogP contribution in [0.15, 0.2) is 16.3 Å². The molecule has 0 saturated carbocycles. The van der Waals surface area contributed by atoms with Crippen LogP contribution in [0.5, 0.6) is 0 Å². The van der Waals surface area contributed by atoms with Crippen LogP contribution < -0.4 is 4.72 Å². The van der Waals surface area contributed by atoms with Gasteiger partial charge in [0.05, 0.1) is 0 Å². The van der Waals surface area contributed by atoms with Crippen LogP contribution in [0, 0.1) is 11.3 Å². The molecular formula is C10H15N3O2S2. The molecule has 0 aliphatic heterocycles. The van der Waals surface area contributed by atoms with Crippen LogP contribution in [0.4, 0.5) is 0 Å². The van der Waals surface area contributed by atoms with E-state index in [1.54, 1.807) is 0 Å². The zero-order valence-electron chi connectivity index (χ0n) is 9.80. The minimum absolute atomic E-state index is 0.188. The summed E-state index contributed by atoms with van der Waals surface area (Å²) in [7, 11) is -1.54. The summed E-state index contributed by atoms with van der Waals surface area (Å²) < 4.78 is 26.3. The summed E-state index contributed by atoms with van der Waals surface area (Å²) in [6, 6.07) is 4.89. The topological polar surface area (TPSA) is 73.2 Å². The van der Waals surface area contributed by atoms with Gasteiger partial charge in [0.2, 0.25) is 10.0 Å². The zero-order chi connectivity index (χ0) is 12.9. The molecule has 0 amide bonds. The van der Waals surface area contributed by atoms with Gasteiger partial charge in [-0.1, -0.05) is 6.92 Å². The maximum absolute atomic E-state index is 11.8. The SMILES string of the molecule is CCN(C)CCNS(=O)(=O)c1ccc(C#N)s1. The van der Waals surface area contributed by atoms with Crippen molar-refractivity contribution in [2.24, 2.45) is 0 Å². The van der Waals surface area contributed by atoms with E-state index in [0.717, 1.165) is 17.9 Å². The molecule has 7 heteroatoms. The van der Waals surface area contributed by atoms with Gasteiger partial charge < -0.3 is 4.90 Å². The third-order valence-electron chi connectivity index (χ3n) is 2.28. The minimum Gasteiger partial charge on any atom is -0.305 e. The average Bonchev–Trinajstić information content (AvgIpc) is 2.77. The molecule has 0 radical (unpaired) electrons. The molecule has 1 N–H and O–H groups in total. The van der Waals surface area contributed by atoms with Crippen LogP contribution >= 0.6 is 11.3 Å². The molecule has 1 aromatic rings. The molecule has 0 aliphatic rings. The molecule has 0 unspecified atom stereocenters. The summed E-state index contributed by atoms with van der Waals surface area (Å²) in [6.07, 6.45) is 0. The monoisotopic (exact) mass is 273 g/mol. The summed E-state index contributed by atoms with van der Waals surface area (Å²) in [5.41, 5.74) is 0. The highest BCUT2D eigenvalue weighted by molar-refractivity contribution is 7.91. The van der Waals surface area contributed by atoms with E-state index in [0.29, 0.717) is 18.0 Å². The van der Waals surface area contributed by atoms with Gasteiger partial charge in [-0.15, -0.1) is 11.3 Å². The van der Waals surface area contributed by atoms with E-state index in [9.17, 15) is 8.42 Å². The fraction of sp³-hybridized carbons (Fsp3) is 0.500. The lowest BCUT2D eigenvalue weighted by Crippen LogP contribution is -2.32. The third-order valence-corrected chi connectivity index (χ3v) is 5.22. The third kappa shape index (κ3) is 4.09. The van der Waals surface area contributed by atoms with Gasteiger partial charge in [0.15, 0.2) is 0 Å². The van der Waals surface area contributed by atoms with Gasteiger partial charge in [-0.3, -0.25) is 0 Å². The normalized spacial score (nSPS) is 11.6. The standard InChI is InChI=1S/C10H15N3O2S2/c1-3-13(2)7-6-12-17(14,15)10-5-4-9(8-11)16-10/h4-5,12H,3,6-7H2,1-2H3. The molecule has 94 valence electrons. The molecule has 0 atom stereocenters. The Kier molecular flexibility index (Phi) is 5.08. The summed E-state index contributed by atoms with van der Waals surface area (Å²) in [5, 5.41) is 8.64. The maximum atomic E-state index is 11.8. The highest BCUT2D eigenvalue weighted by Gasteiger charge is 2.16. The lowest BCUT2D eigenvalue weighted by atomic mass is 10.5. The molecule has 0 aromatic carbocycles. The summed E-state index contributed by atoms with van der Waals surface area (Å²) >= 11 is 0.979. The molecule has 5 nitrogen and oxygen atoms in total. The van der Waals surface area contributed by atoms with Crippen molar-refractivity contribution >= 4 is 21.4 Å². The van der Waals surface area contributed by atoms with Crippen molar-refractivity contribution in [3.63, 3.8) is 0 Å². The first kappa shape index (κ1) is 14.1. The van der Waals surface area contributed by atoms with Crippen molar-refractivity contribution in [1.29, 1.82) is 5.26 Å². The van der Waals surface area contributed by atoms with E-state index < -0.39 is 10.0 Å². The van der Waals surface area contributed by atoms with Gasteiger partial charge in [-0.05, 0) is 25.7 Å². The first-order chi connectivity index (χ1) is 7.99. The second kappa shape index (κ2) is 6.12. The predicted molar refractivity (Wildman–Crippen MR) is 67.4 cm³/mol. The largest absolute Gasteiger partial charge is 0.305 e. The Morgan fingerprint density at radius 3 is 2.76 bits per heavy atom. The molecule has 0 saturated heterocycles. The van der Waals surface area contributed by atoms with Gasteiger partial charge >= 0.3 is 0 Å². The lowest BCUT2D eigenvalue weighted by Gasteiger charge is -2.13. The summed E-state index contributed by atoms with van der Waals surface area (Å²) in [5.74, 6) is 0. The number of rotatable bonds is 6. The van der Waals surface area contributed by atoms with E-state index >= 15 is 0 Å². The smallest absolute Gasteiger partial charge is 0.250 e. The molecule has 1 heterocycles. The highest BCUT2D eigenvalue weighted by Crippen LogP contribution is 2.20. The Morgan fingerprint density at radius 2 is 2.24 bits per heavy atom. The molecule has 17 heavy (non-hydrogen) atoms. The number of hydrogen-bond donors (Lipinski definition) is 1. The van der Waals surface area contributed by atoms with Gasteiger partial charge in [-0.2, -0.15) is 5.26 Å². The first-order valence-corrected chi connectivity index (χ1v) is 7.47. The Bertz CT molecular complexity index is 502. The quantitative estimate of drug-likeness (QED) is 0.834. The predicted octanol–water partition coefficient (Wildman–Crippen LogP) is 0.850. The van der Waals surface area contributed by atoms with Crippen molar-refractivity contribution in [1.82, 2.24) is 9.62 Å². The second-order valence-electron chi connectivity index (χ2n) is 3.52. The zero-order valence-corrected chi connectivity index (χ0v) is 11.4. The molecule has 0 spiro atoms. The number of hydrogen-bond acceptors (Lipinski definition) is 5. The van der Waals surface area contributed by atoms with E-state index in [-0.39, 0.29) is 4.21 Å². The van der Waals surface area contributed by atoms with Crippen molar-refractivity contribution in [2.45, 2.75) is 11.1 Å². The number of sulfonamides is 1. The van der Waals surface area contributed by atoms with Gasteiger partial charge in [-0.25, -0.2) is 13.1 Å². The molecule has 0 aliphatic carbocycles. The Hall–Kier alpha value is -0.940. The molecule has 0 bridgehead atoms. The Morgan fingerprint density at radius 1 is 1.53 bits per heavy atom. The van der Waals surface area contributed by atoms with Gasteiger partial charge in [0.1, 0.15) is 15.2 Å². The number of thiophene rings is 1. The Balaban J connectivity index is 2.60. The van der Waals surface area contributed by atoms with Crippen molar-refractivity contribution in [2.75, 3.05) is 26.7 Å². The van der Waals surface area contributed by atoms with Crippen LogP contribution in [-0.2, 0) is 10.0 Å². The highest BCUT2D eigenvalue weighted by atomic mass is 32.2. The average molecular weight is 273 g/mol. The van der Waals surface area contributed by atoms with Crippen LogP contribution in [0.25, 0.3) is 0 Å². The maximum Gasteiger partial charge on any atom is 0.250 e. The molecular weight excluding hydrogens is 258 g/mol. The summed E-state index contributed by atoms with van der Waals surface area (Å²) in [4.78, 5) is 2.41. The number of nitrogens with one attached hydrogen (secondary N) is 1. The van der Waals surface area contributed by atoms with E-state index in [2.05, 4.69) is 4.72 Å². The summed E-state index contributed by atoms with van der Waals surface area (Å²) in [6.45, 7) is 3.91. The van der Waals surface area contributed by atoms with Crippen molar-refractivity contribution < 1.29 is 8.42 Å². The molecule has 0 fully saturated rings. The van der Waals surface area contributed by atoms with E-state index in [1.807, 2.05) is 24.9 Å². The Labute approximate surface area is 106 Å². The van der Waals surface area contributed by atoms with Gasteiger partial charge in [0.25, 0.3) is 0 Å². The van der Waals surface area contributed by atoms with Crippen molar-refractivity contribution in [3.05, 3.63) is 17.0 Å². The molecule has 1 aromatic heterocycles. The van der Waals surface area contributed by atoms with E-state index in [1.165, 1.54) is 12.1 Å². The lowest BCUT2D eigenvalue weighted by molar-refractivity contribution is 0.358. The first-order valence-electron chi connectivity index (χ1n) is 5.17. The van der Waals surface area contributed by atoms with Crippen molar-refractivity contribution in [3.8, 4) is 6.07 Å². The molecule has 1 rings (SSSR count). The van der Waals surface area contributed by atoms with Crippen LogP contribution in [0.2, 0.25) is 0 Å². The number of nitriles is 1. The van der Waals surface area contributed by atoms with Crippen LogP contribution in [-0.4, -0.2) is 40.0 Å². The number of likely N-dealkylation sites (N-methyl/N-ethyl adjacent to an activating group) is 1. The van der Waals surface area contributed by atoms with Crippen LogP contribution in [0.3, 0.4) is 0 Å². The fourth-order valence-electron chi connectivity index (χ4n) is 1.12. The van der Waals surface area contributed by atoms with Gasteiger partial charge in [0, 0.05) is 13.1 Å². The van der Waals surface area contributed by atoms with E-state index in [4.69, 9.17) is 5.26 Å². The second-order valence-corrected chi connectivity index (χ2v) is 6.60.